The van der Waals surface area contributed by atoms with Gasteiger partial charge in [-0.2, -0.15) is 0 Å². The second-order valence-corrected chi connectivity index (χ2v) is 27.0. The van der Waals surface area contributed by atoms with Gasteiger partial charge in [-0.1, -0.05) is 332 Å². The first-order valence-corrected chi connectivity index (χ1v) is 37.0. The van der Waals surface area contributed by atoms with Gasteiger partial charge < -0.3 is 28.8 Å². The maximum Gasteiger partial charge on any atom is 0.268 e. The molecule has 0 radical (unpaired) electrons. The van der Waals surface area contributed by atoms with Crippen molar-refractivity contribution in [2.75, 3.05) is 40.9 Å². The summed E-state index contributed by atoms with van der Waals surface area (Å²) in [6, 6.07) is -0.906. The number of carbonyl (C=O) groups is 1. The SMILES string of the molecule is CCCCCCC/C=C\C/C=C\CCCCCCCCCCCCCCCCCC(=O)NC(COP(=O)([O-])OCC[N+](C)(C)C)C(O)/C=C/CC/C=C/CCCCCCCCCCCCCCCCCCCCCCCCCCCC. The van der Waals surface area contributed by atoms with Gasteiger partial charge in [0.15, 0.2) is 0 Å². The number of phosphoric acid groups is 1. The number of nitrogens with zero attached hydrogens (tertiary/aromatic N) is 1. The van der Waals surface area contributed by atoms with E-state index >= 15 is 0 Å². The molecule has 0 aromatic heterocycles. The normalized spacial score (nSPS) is 13.9. The number of aliphatic hydroxyl groups is 1. The number of hydrogen-bond acceptors (Lipinski definition) is 6. The second kappa shape index (κ2) is 63.0. The molecule has 0 fully saturated rings. The summed E-state index contributed by atoms with van der Waals surface area (Å²) < 4.78 is 23.4. The Hall–Kier alpha value is -1.54. The van der Waals surface area contributed by atoms with Crippen LogP contribution in [0.4, 0.5) is 0 Å². The third kappa shape index (κ3) is 65.9. The summed E-state index contributed by atoms with van der Waals surface area (Å²) in [6.07, 6.45) is 85.3. The molecule has 0 aromatic rings. The Bertz CT molecular complexity index is 1460. The predicted molar refractivity (Wildman–Crippen MR) is 353 cm³/mol. The third-order valence-electron chi connectivity index (χ3n) is 16.3. The smallest absolute Gasteiger partial charge is 0.268 e. The fraction of sp³-hybridized carbons (Fsp3) is 0.875. The Kier molecular flexibility index (Phi) is 61.8. The molecular weight excluding hydrogens is 1020 g/mol. The minimum atomic E-state index is -4.61. The van der Waals surface area contributed by atoms with Crippen LogP contribution in [-0.2, 0) is 18.4 Å². The number of phosphoric ester groups is 1. The van der Waals surface area contributed by atoms with Crippen LogP contribution in [0.3, 0.4) is 0 Å². The highest BCUT2D eigenvalue weighted by Crippen LogP contribution is 2.38. The van der Waals surface area contributed by atoms with Crippen molar-refractivity contribution >= 4 is 13.7 Å². The average Bonchev–Trinajstić information content (AvgIpc) is 3.43. The molecule has 0 aromatic carbocycles. The van der Waals surface area contributed by atoms with E-state index in [2.05, 4.69) is 55.6 Å². The number of amides is 1. The lowest BCUT2D eigenvalue weighted by molar-refractivity contribution is -0.870. The first-order valence-electron chi connectivity index (χ1n) is 35.5. The largest absolute Gasteiger partial charge is 0.756 e. The van der Waals surface area contributed by atoms with Crippen molar-refractivity contribution in [2.24, 2.45) is 0 Å². The summed E-state index contributed by atoms with van der Waals surface area (Å²) >= 11 is 0. The monoisotopic (exact) mass is 1160 g/mol. The van der Waals surface area contributed by atoms with Gasteiger partial charge in [-0.05, 0) is 64.2 Å². The lowest BCUT2D eigenvalue weighted by Crippen LogP contribution is -2.45. The number of rotatable bonds is 66. The molecule has 3 unspecified atom stereocenters. The number of hydrogen-bond donors (Lipinski definition) is 2. The highest BCUT2D eigenvalue weighted by atomic mass is 31.2. The maximum absolute atomic E-state index is 13.0. The van der Waals surface area contributed by atoms with E-state index in [4.69, 9.17) is 9.05 Å². The predicted octanol–water partition coefficient (Wildman–Crippen LogP) is 22.0. The van der Waals surface area contributed by atoms with Gasteiger partial charge >= 0.3 is 0 Å². The lowest BCUT2D eigenvalue weighted by atomic mass is 10.0. The number of nitrogens with one attached hydrogen (secondary N) is 1. The van der Waals surface area contributed by atoms with E-state index in [1.165, 1.54) is 289 Å². The Morgan fingerprint density at radius 1 is 0.432 bits per heavy atom. The molecule has 0 spiro atoms. The molecule has 0 rings (SSSR count). The Morgan fingerprint density at radius 2 is 0.728 bits per heavy atom. The maximum atomic E-state index is 13.0. The molecule has 478 valence electrons. The summed E-state index contributed by atoms with van der Waals surface area (Å²) in [4.78, 5) is 25.6. The summed E-state index contributed by atoms with van der Waals surface area (Å²) in [6.45, 7) is 4.67. The summed E-state index contributed by atoms with van der Waals surface area (Å²) in [5.74, 6) is -0.202. The lowest BCUT2D eigenvalue weighted by Gasteiger charge is -2.29. The summed E-state index contributed by atoms with van der Waals surface area (Å²) in [5.41, 5.74) is 0. The van der Waals surface area contributed by atoms with E-state index in [1.54, 1.807) is 6.08 Å². The number of allylic oxidation sites excluding steroid dienone is 7. The molecule has 0 saturated carbocycles. The quantitative estimate of drug-likeness (QED) is 0.0272. The highest BCUT2D eigenvalue weighted by Gasteiger charge is 2.23. The van der Waals surface area contributed by atoms with Gasteiger partial charge in [0.25, 0.3) is 7.82 Å². The molecule has 8 nitrogen and oxygen atoms in total. The van der Waals surface area contributed by atoms with Crippen LogP contribution in [0.5, 0.6) is 0 Å². The minimum Gasteiger partial charge on any atom is -0.756 e. The molecule has 0 aliphatic carbocycles. The average molecular weight is 1160 g/mol. The van der Waals surface area contributed by atoms with Crippen molar-refractivity contribution < 1.29 is 32.9 Å². The minimum absolute atomic E-state index is 0.00594. The van der Waals surface area contributed by atoms with E-state index in [0.717, 1.165) is 44.9 Å². The molecule has 3 atom stereocenters. The van der Waals surface area contributed by atoms with E-state index < -0.39 is 26.6 Å². The molecule has 0 heterocycles. The van der Waals surface area contributed by atoms with Gasteiger partial charge in [0.2, 0.25) is 5.91 Å². The Balaban J connectivity index is 4.08. The van der Waals surface area contributed by atoms with Crippen molar-refractivity contribution in [2.45, 2.75) is 366 Å². The standard InChI is InChI=1S/C72H139N2O6P/c1-6-8-10-12-14-16-18-20-22-24-26-28-30-32-34-35-36-37-38-40-41-43-45-47-49-51-53-55-57-59-61-63-65-71(75)70(69-80-81(77,78)79-68-67-74(3,4)5)73-72(76)66-64-62-60-58-56-54-52-50-48-46-44-42-39-33-31-29-27-25-23-21-19-17-15-13-11-9-7-2/h19,21,25,27,55,57,63,65,70-71,75H,6-18,20,22-24,26,28-54,56,58-62,64,66-69H2,1-5H3,(H-,73,76,77,78)/b21-19-,27-25-,57-55+,65-63+. The van der Waals surface area contributed by atoms with E-state index in [-0.39, 0.29) is 12.5 Å². The van der Waals surface area contributed by atoms with Crippen LogP contribution in [0.25, 0.3) is 0 Å². The van der Waals surface area contributed by atoms with Crippen LogP contribution in [0.1, 0.15) is 354 Å². The zero-order valence-corrected chi connectivity index (χ0v) is 55.6. The second-order valence-electron chi connectivity index (χ2n) is 25.6. The van der Waals surface area contributed by atoms with Crippen molar-refractivity contribution in [3.05, 3.63) is 48.6 Å². The van der Waals surface area contributed by atoms with Gasteiger partial charge in [-0.15, -0.1) is 0 Å². The van der Waals surface area contributed by atoms with Gasteiger partial charge in [-0.25, -0.2) is 0 Å². The molecule has 0 aliphatic heterocycles. The Labute approximate surface area is 505 Å². The molecule has 81 heavy (non-hydrogen) atoms. The highest BCUT2D eigenvalue weighted by molar-refractivity contribution is 7.45. The van der Waals surface area contributed by atoms with Crippen LogP contribution >= 0.6 is 7.82 Å². The molecule has 0 aliphatic rings. The van der Waals surface area contributed by atoms with Crippen LogP contribution in [0.2, 0.25) is 0 Å². The number of unbranched alkanes of at least 4 members (excludes halogenated alkanes) is 47. The Morgan fingerprint density at radius 3 is 1.07 bits per heavy atom. The van der Waals surface area contributed by atoms with E-state index in [9.17, 15) is 19.4 Å². The van der Waals surface area contributed by atoms with Gasteiger partial charge in [0.05, 0.1) is 39.9 Å². The molecule has 0 bridgehead atoms. The van der Waals surface area contributed by atoms with E-state index in [0.29, 0.717) is 17.4 Å². The fourth-order valence-electron chi connectivity index (χ4n) is 10.7. The zero-order chi connectivity index (χ0) is 59.1. The van der Waals surface area contributed by atoms with Crippen molar-refractivity contribution in [1.82, 2.24) is 5.32 Å². The van der Waals surface area contributed by atoms with Crippen LogP contribution in [-0.4, -0.2) is 68.5 Å². The van der Waals surface area contributed by atoms with Gasteiger partial charge in [0, 0.05) is 6.42 Å². The third-order valence-corrected chi connectivity index (χ3v) is 17.2. The zero-order valence-electron chi connectivity index (χ0n) is 54.8. The van der Waals surface area contributed by atoms with Crippen LogP contribution in [0, 0.1) is 0 Å². The van der Waals surface area contributed by atoms with E-state index in [1.807, 2.05) is 27.2 Å². The number of likely N-dealkylation sites (N-methyl/N-ethyl adjacent to an activating group) is 1. The summed E-state index contributed by atoms with van der Waals surface area (Å²) in [5, 5.41) is 13.9. The number of aliphatic hydroxyl groups excluding tert-OH is 1. The summed E-state index contributed by atoms with van der Waals surface area (Å²) in [7, 11) is 1.26. The molecule has 1 amide bonds. The first kappa shape index (κ1) is 79.5. The number of quaternary nitrogens is 1. The molecule has 2 N–H and O–H groups in total. The van der Waals surface area contributed by atoms with Gasteiger partial charge in [-0.3, -0.25) is 9.36 Å². The molecule has 9 heteroatoms. The first-order chi connectivity index (χ1) is 39.5. The molecular formula is C72H139N2O6P. The topological polar surface area (TPSA) is 108 Å². The van der Waals surface area contributed by atoms with Crippen LogP contribution in [0.15, 0.2) is 48.6 Å². The van der Waals surface area contributed by atoms with Crippen molar-refractivity contribution in [3.63, 3.8) is 0 Å². The fourth-order valence-corrected chi connectivity index (χ4v) is 11.5. The van der Waals surface area contributed by atoms with Gasteiger partial charge in [0.1, 0.15) is 13.2 Å². The molecule has 0 saturated heterocycles. The van der Waals surface area contributed by atoms with Crippen LogP contribution < -0.4 is 10.2 Å². The number of carbonyl (C=O) groups excluding carboxylic acids is 1. The van der Waals surface area contributed by atoms with Crippen molar-refractivity contribution in [3.8, 4) is 0 Å². The van der Waals surface area contributed by atoms with Crippen molar-refractivity contribution in [1.29, 1.82) is 0 Å².